The van der Waals surface area contributed by atoms with Crippen LogP contribution in [0.5, 0.6) is 0 Å². The molecule has 0 atom stereocenters. The number of amides is 1. The van der Waals surface area contributed by atoms with Crippen LogP contribution in [0, 0.1) is 11.3 Å². The number of nitrogens with one attached hydrogen (secondary N) is 1. The fourth-order valence-electron chi connectivity index (χ4n) is 3.69. The summed E-state index contributed by atoms with van der Waals surface area (Å²) in [6.07, 6.45) is 6.66. The smallest absolute Gasteiger partial charge is 0.235 e. The van der Waals surface area contributed by atoms with Crippen molar-refractivity contribution in [1.29, 1.82) is 5.26 Å². The molecule has 3 aromatic rings. The van der Waals surface area contributed by atoms with Crippen LogP contribution in [0.1, 0.15) is 48.6 Å². The number of hydrogen-bond donors (Lipinski definition) is 1. The van der Waals surface area contributed by atoms with Gasteiger partial charge in [-0.1, -0.05) is 30.7 Å². The molecule has 0 fully saturated rings. The third-order valence-corrected chi connectivity index (χ3v) is 8.18. The largest absolute Gasteiger partial charge is 0.316 e. The van der Waals surface area contributed by atoms with Crippen LogP contribution in [-0.4, -0.2) is 26.4 Å². The number of hydrogen-bond acceptors (Lipinski definition) is 7. The Morgan fingerprint density at radius 1 is 1.30 bits per heavy atom. The molecule has 1 amide bonds. The molecular formula is C21H23N5OS3. The van der Waals surface area contributed by atoms with Gasteiger partial charge in [0.15, 0.2) is 11.0 Å². The summed E-state index contributed by atoms with van der Waals surface area (Å²) in [5, 5.41) is 24.7. The van der Waals surface area contributed by atoms with Crippen molar-refractivity contribution in [2.75, 3.05) is 11.1 Å². The van der Waals surface area contributed by atoms with Gasteiger partial charge in [-0.2, -0.15) is 5.26 Å². The second kappa shape index (κ2) is 9.77. The molecule has 1 aliphatic carbocycles. The highest BCUT2D eigenvalue weighted by atomic mass is 32.2. The summed E-state index contributed by atoms with van der Waals surface area (Å²) >= 11 is 4.57. The molecule has 0 saturated carbocycles. The summed E-state index contributed by atoms with van der Waals surface area (Å²) in [5.41, 5.74) is 1.81. The van der Waals surface area contributed by atoms with Gasteiger partial charge in [-0.15, -0.1) is 32.9 Å². The highest BCUT2D eigenvalue weighted by Gasteiger charge is 2.21. The highest BCUT2D eigenvalue weighted by Crippen LogP contribution is 2.36. The topological polar surface area (TPSA) is 83.6 Å². The number of thioether (sulfide) groups is 1. The van der Waals surface area contributed by atoms with Crippen LogP contribution in [0.25, 0.3) is 10.7 Å². The van der Waals surface area contributed by atoms with Gasteiger partial charge < -0.3 is 9.88 Å². The number of nitriles is 1. The van der Waals surface area contributed by atoms with E-state index >= 15 is 0 Å². The molecular weight excluding hydrogens is 434 g/mol. The summed E-state index contributed by atoms with van der Waals surface area (Å²) in [4.78, 5) is 15.0. The molecule has 4 rings (SSSR count). The maximum atomic E-state index is 12.6. The van der Waals surface area contributed by atoms with E-state index in [0.717, 1.165) is 53.6 Å². The third kappa shape index (κ3) is 4.46. The van der Waals surface area contributed by atoms with Crippen LogP contribution in [-0.2, 0) is 24.2 Å². The zero-order valence-electron chi connectivity index (χ0n) is 16.8. The molecule has 1 N–H and O–H groups in total. The van der Waals surface area contributed by atoms with E-state index in [1.165, 1.54) is 29.5 Å². The number of anilines is 1. The quantitative estimate of drug-likeness (QED) is 0.505. The molecule has 1 aliphatic rings. The Kier molecular flexibility index (Phi) is 6.87. The van der Waals surface area contributed by atoms with E-state index in [4.69, 9.17) is 0 Å². The Morgan fingerprint density at radius 2 is 2.13 bits per heavy atom. The Morgan fingerprint density at radius 3 is 2.87 bits per heavy atom. The minimum Gasteiger partial charge on any atom is -0.316 e. The van der Waals surface area contributed by atoms with Crippen molar-refractivity contribution in [3.05, 3.63) is 33.5 Å². The van der Waals surface area contributed by atoms with E-state index in [2.05, 4.69) is 21.6 Å². The minimum absolute atomic E-state index is 0.117. The molecule has 9 heteroatoms. The average molecular weight is 458 g/mol. The first kappa shape index (κ1) is 21.1. The maximum absolute atomic E-state index is 12.6. The standard InChI is InChI=1S/C21H23N5OS3/c1-2-26-19(17-10-7-11-28-17)24-25-21(26)29-13-18(27)23-20-15(12-22)14-8-5-3-4-6-9-16(14)30-20/h7,10-11H,2-6,8-9,13H2,1H3,(H,23,27). The average Bonchev–Trinajstić information content (AvgIpc) is 3.45. The normalized spacial score (nSPS) is 13.9. The Labute approximate surface area is 188 Å². The van der Waals surface area contributed by atoms with Crippen molar-refractivity contribution < 1.29 is 4.79 Å². The summed E-state index contributed by atoms with van der Waals surface area (Å²) in [6.45, 7) is 2.78. The van der Waals surface area contributed by atoms with E-state index in [0.29, 0.717) is 10.6 Å². The maximum Gasteiger partial charge on any atom is 0.235 e. The molecule has 0 saturated heterocycles. The van der Waals surface area contributed by atoms with E-state index < -0.39 is 0 Å². The van der Waals surface area contributed by atoms with Crippen molar-refractivity contribution in [2.24, 2.45) is 0 Å². The van der Waals surface area contributed by atoms with Crippen LogP contribution in [0.2, 0.25) is 0 Å². The van der Waals surface area contributed by atoms with Gasteiger partial charge in [-0.25, -0.2) is 0 Å². The lowest BCUT2D eigenvalue weighted by molar-refractivity contribution is -0.113. The third-order valence-electron chi connectivity index (χ3n) is 5.14. The van der Waals surface area contributed by atoms with E-state index in [9.17, 15) is 10.1 Å². The number of nitrogens with zero attached hydrogens (tertiary/aromatic N) is 4. The van der Waals surface area contributed by atoms with Crippen LogP contribution >= 0.6 is 34.4 Å². The van der Waals surface area contributed by atoms with Gasteiger partial charge in [0.2, 0.25) is 5.91 Å². The lowest BCUT2D eigenvalue weighted by atomic mass is 9.97. The fraction of sp³-hybridized carbons (Fsp3) is 0.429. The number of rotatable bonds is 6. The summed E-state index contributed by atoms with van der Waals surface area (Å²) in [5.74, 6) is 0.949. The molecule has 3 aromatic heterocycles. The van der Waals surface area contributed by atoms with Crippen LogP contribution in [0.3, 0.4) is 0 Å². The summed E-state index contributed by atoms with van der Waals surface area (Å²) in [6, 6.07) is 6.35. The lowest BCUT2D eigenvalue weighted by Gasteiger charge is -2.08. The molecule has 156 valence electrons. The molecule has 30 heavy (non-hydrogen) atoms. The summed E-state index contributed by atoms with van der Waals surface area (Å²) < 4.78 is 2.03. The van der Waals surface area contributed by atoms with Crippen molar-refractivity contribution in [2.45, 2.75) is 57.1 Å². The van der Waals surface area contributed by atoms with Crippen LogP contribution < -0.4 is 5.32 Å². The number of aryl methyl sites for hydroxylation is 1. The van der Waals surface area contributed by atoms with E-state index in [1.807, 2.05) is 29.0 Å². The first-order valence-electron chi connectivity index (χ1n) is 10.2. The molecule has 0 aromatic carbocycles. The van der Waals surface area contributed by atoms with Gasteiger partial charge in [0.1, 0.15) is 11.1 Å². The first-order chi connectivity index (χ1) is 14.7. The van der Waals surface area contributed by atoms with Gasteiger partial charge in [0.05, 0.1) is 16.2 Å². The summed E-state index contributed by atoms with van der Waals surface area (Å²) in [7, 11) is 0. The molecule has 0 radical (unpaired) electrons. The molecule has 0 aliphatic heterocycles. The Balaban J connectivity index is 1.45. The minimum atomic E-state index is -0.117. The highest BCUT2D eigenvalue weighted by molar-refractivity contribution is 7.99. The van der Waals surface area contributed by atoms with Crippen molar-refractivity contribution in [3.8, 4) is 16.8 Å². The van der Waals surface area contributed by atoms with Gasteiger partial charge in [0, 0.05) is 11.4 Å². The molecule has 0 spiro atoms. The van der Waals surface area contributed by atoms with Crippen molar-refractivity contribution >= 4 is 45.3 Å². The predicted octanol–water partition coefficient (Wildman–Crippen LogP) is 5.35. The van der Waals surface area contributed by atoms with Gasteiger partial charge in [0.25, 0.3) is 0 Å². The number of carbonyl (C=O) groups excluding carboxylic acids is 1. The number of aromatic nitrogens is 3. The lowest BCUT2D eigenvalue weighted by Crippen LogP contribution is -2.14. The number of carbonyl (C=O) groups is 1. The first-order valence-corrected chi connectivity index (χ1v) is 12.8. The molecule has 6 nitrogen and oxygen atoms in total. The SMILES string of the molecule is CCn1c(SCC(=O)Nc2sc3c(c2C#N)CCCCCC3)nnc1-c1cccs1. The Hall–Kier alpha value is -2.15. The van der Waals surface area contributed by atoms with Crippen molar-refractivity contribution in [1.82, 2.24) is 14.8 Å². The van der Waals surface area contributed by atoms with E-state index in [1.54, 1.807) is 22.7 Å². The number of fused-ring (bicyclic) bond motifs is 1. The zero-order valence-corrected chi connectivity index (χ0v) is 19.3. The van der Waals surface area contributed by atoms with Gasteiger partial charge >= 0.3 is 0 Å². The molecule has 3 heterocycles. The second-order valence-corrected chi connectivity index (χ2v) is 10.1. The fourth-order valence-corrected chi connectivity index (χ4v) is 6.46. The monoisotopic (exact) mass is 457 g/mol. The molecule has 0 bridgehead atoms. The predicted molar refractivity (Wildman–Crippen MR) is 123 cm³/mol. The second-order valence-electron chi connectivity index (χ2n) is 7.10. The molecule has 0 unspecified atom stereocenters. The zero-order chi connectivity index (χ0) is 20.9. The van der Waals surface area contributed by atoms with Gasteiger partial charge in [-0.3, -0.25) is 4.79 Å². The van der Waals surface area contributed by atoms with Crippen molar-refractivity contribution in [3.63, 3.8) is 0 Å². The number of thiophene rings is 2. The van der Waals surface area contributed by atoms with Gasteiger partial charge in [-0.05, 0) is 49.6 Å². The van der Waals surface area contributed by atoms with E-state index in [-0.39, 0.29) is 11.7 Å². The van der Waals surface area contributed by atoms with Crippen LogP contribution in [0.4, 0.5) is 5.00 Å². The Bertz CT molecular complexity index is 1060. The van der Waals surface area contributed by atoms with Crippen LogP contribution in [0.15, 0.2) is 22.7 Å².